The van der Waals surface area contributed by atoms with Crippen molar-refractivity contribution in [2.75, 3.05) is 7.11 Å². The largest absolute Gasteiger partial charge is 0.497 e. The second kappa shape index (κ2) is 6.06. The van der Waals surface area contributed by atoms with Crippen molar-refractivity contribution in [1.82, 2.24) is 5.32 Å². The summed E-state index contributed by atoms with van der Waals surface area (Å²) in [6, 6.07) is 9.52. The standard InChI is InChI=1S/C14H18N2O2/c1-4-14(2,10-15)13(17)16-9-11-6-5-7-12(8-11)18-3/h5-8H,4,9H2,1-3H3,(H,16,17). The van der Waals surface area contributed by atoms with Crippen molar-refractivity contribution in [3.63, 3.8) is 0 Å². The Labute approximate surface area is 108 Å². The van der Waals surface area contributed by atoms with Crippen LogP contribution in [0, 0.1) is 16.7 Å². The van der Waals surface area contributed by atoms with Crippen LogP contribution in [0.25, 0.3) is 0 Å². The van der Waals surface area contributed by atoms with Crippen molar-refractivity contribution in [3.05, 3.63) is 29.8 Å². The molecule has 1 aromatic rings. The van der Waals surface area contributed by atoms with Gasteiger partial charge in [0.25, 0.3) is 0 Å². The van der Waals surface area contributed by atoms with Gasteiger partial charge in [0, 0.05) is 6.54 Å². The van der Waals surface area contributed by atoms with E-state index < -0.39 is 5.41 Å². The smallest absolute Gasteiger partial charge is 0.240 e. The van der Waals surface area contributed by atoms with Gasteiger partial charge in [0.15, 0.2) is 0 Å². The fourth-order valence-electron chi connectivity index (χ4n) is 1.45. The lowest BCUT2D eigenvalue weighted by molar-refractivity contribution is -0.127. The first-order chi connectivity index (χ1) is 8.55. The molecule has 1 aromatic carbocycles. The summed E-state index contributed by atoms with van der Waals surface area (Å²) in [5, 5.41) is 11.8. The van der Waals surface area contributed by atoms with E-state index in [1.807, 2.05) is 37.3 Å². The zero-order valence-corrected chi connectivity index (χ0v) is 11.0. The van der Waals surface area contributed by atoms with Crippen LogP contribution in [-0.4, -0.2) is 13.0 Å². The Balaban J connectivity index is 2.65. The average Bonchev–Trinajstić information content (AvgIpc) is 2.43. The van der Waals surface area contributed by atoms with Gasteiger partial charge in [-0.1, -0.05) is 19.1 Å². The van der Waals surface area contributed by atoms with E-state index >= 15 is 0 Å². The normalized spacial score (nSPS) is 13.2. The molecular weight excluding hydrogens is 228 g/mol. The van der Waals surface area contributed by atoms with Crippen LogP contribution in [-0.2, 0) is 11.3 Å². The molecule has 0 aliphatic rings. The number of ether oxygens (including phenoxy) is 1. The summed E-state index contributed by atoms with van der Waals surface area (Å²) < 4.78 is 5.11. The maximum Gasteiger partial charge on any atom is 0.240 e. The molecule has 1 atom stereocenters. The molecule has 0 aliphatic carbocycles. The highest BCUT2D eigenvalue weighted by atomic mass is 16.5. The molecule has 0 spiro atoms. The van der Waals surface area contributed by atoms with Crippen molar-refractivity contribution >= 4 is 5.91 Å². The van der Waals surface area contributed by atoms with Gasteiger partial charge in [-0.3, -0.25) is 4.79 Å². The molecule has 1 amide bonds. The molecule has 0 radical (unpaired) electrons. The van der Waals surface area contributed by atoms with Crippen LogP contribution in [0.5, 0.6) is 5.75 Å². The Morgan fingerprint density at radius 3 is 2.83 bits per heavy atom. The Hall–Kier alpha value is -2.02. The predicted octanol–water partition coefficient (Wildman–Crippen LogP) is 2.25. The van der Waals surface area contributed by atoms with E-state index in [1.54, 1.807) is 14.0 Å². The number of hydrogen-bond donors (Lipinski definition) is 1. The van der Waals surface area contributed by atoms with Gasteiger partial charge in [-0.25, -0.2) is 0 Å². The SMILES string of the molecule is CCC(C)(C#N)C(=O)NCc1cccc(OC)c1. The lowest BCUT2D eigenvalue weighted by Gasteiger charge is -2.18. The topological polar surface area (TPSA) is 62.1 Å². The van der Waals surface area contributed by atoms with Crippen molar-refractivity contribution < 1.29 is 9.53 Å². The molecule has 0 heterocycles. The number of carbonyl (C=O) groups is 1. The number of hydrogen-bond acceptors (Lipinski definition) is 3. The summed E-state index contributed by atoms with van der Waals surface area (Å²) in [6.45, 7) is 3.87. The molecule has 0 fully saturated rings. The summed E-state index contributed by atoms with van der Waals surface area (Å²) >= 11 is 0. The van der Waals surface area contributed by atoms with Gasteiger partial charge < -0.3 is 10.1 Å². The number of nitriles is 1. The van der Waals surface area contributed by atoms with Crippen LogP contribution >= 0.6 is 0 Å². The summed E-state index contributed by atoms with van der Waals surface area (Å²) in [7, 11) is 1.60. The maximum absolute atomic E-state index is 11.9. The van der Waals surface area contributed by atoms with Crippen molar-refractivity contribution in [1.29, 1.82) is 5.26 Å². The van der Waals surface area contributed by atoms with Crippen molar-refractivity contribution in [2.45, 2.75) is 26.8 Å². The molecule has 0 aromatic heterocycles. The minimum atomic E-state index is -0.959. The molecular formula is C14H18N2O2. The van der Waals surface area contributed by atoms with Gasteiger partial charge in [0.05, 0.1) is 13.2 Å². The second-order valence-electron chi connectivity index (χ2n) is 4.33. The number of amides is 1. The zero-order valence-electron chi connectivity index (χ0n) is 11.0. The number of rotatable bonds is 5. The van der Waals surface area contributed by atoms with Crippen LogP contribution in [0.3, 0.4) is 0 Å². The molecule has 0 saturated heterocycles. The van der Waals surface area contributed by atoms with Crippen LogP contribution in [0.2, 0.25) is 0 Å². The Morgan fingerprint density at radius 1 is 1.56 bits per heavy atom. The highest BCUT2D eigenvalue weighted by Gasteiger charge is 2.30. The molecule has 96 valence electrons. The number of nitrogens with one attached hydrogen (secondary N) is 1. The quantitative estimate of drug-likeness (QED) is 0.866. The molecule has 18 heavy (non-hydrogen) atoms. The van der Waals surface area contributed by atoms with E-state index in [-0.39, 0.29) is 5.91 Å². The van der Waals surface area contributed by atoms with Crippen LogP contribution in [0.4, 0.5) is 0 Å². The van der Waals surface area contributed by atoms with Crippen molar-refractivity contribution in [2.24, 2.45) is 5.41 Å². The van der Waals surface area contributed by atoms with Gasteiger partial charge >= 0.3 is 0 Å². The molecule has 4 heteroatoms. The highest BCUT2D eigenvalue weighted by Crippen LogP contribution is 2.20. The lowest BCUT2D eigenvalue weighted by atomic mass is 9.88. The minimum absolute atomic E-state index is 0.240. The fraction of sp³-hybridized carbons (Fsp3) is 0.429. The molecule has 1 unspecified atom stereocenters. The monoisotopic (exact) mass is 246 g/mol. The Kier molecular flexibility index (Phi) is 4.73. The minimum Gasteiger partial charge on any atom is -0.497 e. The van der Waals surface area contributed by atoms with Gasteiger partial charge in [-0.2, -0.15) is 5.26 Å². The van der Waals surface area contributed by atoms with Gasteiger partial charge in [0.1, 0.15) is 11.2 Å². The first-order valence-corrected chi connectivity index (χ1v) is 5.88. The number of benzene rings is 1. The summed E-state index contributed by atoms with van der Waals surface area (Å²) in [5.41, 5.74) is -0.0159. The van der Waals surface area contributed by atoms with Gasteiger partial charge in [-0.15, -0.1) is 0 Å². The van der Waals surface area contributed by atoms with Gasteiger partial charge in [0.2, 0.25) is 5.91 Å². The second-order valence-corrected chi connectivity index (χ2v) is 4.33. The van der Waals surface area contributed by atoms with E-state index in [9.17, 15) is 4.79 Å². The third kappa shape index (κ3) is 3.24. The molecule has 0 aliphatic heterocycles. The molecule has 1 N–H and O–H groups in total. The fourth-order valence-corrected chi connectivity index (χ4v) is 1.45. The first kappa shape index (κ1) is 14.0. The van der Waals surface area contributed by atoms with E-state index in [2.05, 4.69) is 5.32 Å². The number of nitrogens with zero attached hydrogens (tertiary/aromatic N) is 1. The third-order valence-electron chi connectivity index (χ3n) is 3.04. The van der Waals surface area contributed by atoms with E-state index in [0.717, 1.165) is 11.3 Å². The predicted molar refractivity (Wildman–Crippen MR) is 68.9 cm³/mol. The molecule has 4 nitrogen and oxygen atoms in total. The van der Waals surface area contributed by atoms with E-state index in [1.165, 1.54) is 0 Å². The summed E-state index contributed by atoms with van der Waals surface area (Å²) in [4.78, 5) is 11.9. The van der Waals surface area contributed by atoms with Gasteiger partial charge in [-0.05, 0) is 31.0 Å². The summed E-state index contributed by atoms with van der Waals surface area (Å²) in [5.74, 6) is 0.510. The third-order valence-corrected chi connectivity index (χ3v) is 3.04. The first-order valence-electron chi connectivity index (χ1n) is 5.88. The van der Waals surface area contributed by atoms with E-state index in [4.69, 9.17) is 10.00 Å². The van der Waals surface area contributed by atoms with Crippen LogP contribution in [0.1, 0.15) is 25.8 Å². The Bertz CT molecular complexity index is 465. The Morgan fingerprint density at radius 2 is 2.28 bits per heavy atom. The van der Waals surface area contributed by atoms with Crippen molar-refractivity contribution in [3.8, 4) is 11.8 Å². The number of carbonyl (C=O) groups excluding carboxylic acids is 1. The van der Waals surface area contributed by atoms with Crippen LogP contribution < -0.4 is 10.1 Å². The highest BCUT2D eigenvalue weighted by molar-refractivity contribution is 5.84. The molecule has 0 bridgehead atoms. The summed E-state index contributed by atoms with van der Waals surface area (Å²) in [6.07, 6.45) is 0.493. The zero-order chi connectivity index (χ0) is 13.6. The van der Waals surface area contributed by atoms with Crippen LogP contribution in [0.15, 0.2) is 24.3 Å². The maximum atomic E-state index is 11.9. The molecule has 0 saturated carbocycles. The average molecular weight is 246 g/mol. The number of methoxy groups -OCH3 is 1. The lowest BCUT2D eigenvalue weighted by Crippen LogP contribution is -2.37. The van der Waals surface area contributed by atoms with E-state index in [0.29, 0.717) is 13.0 Å². The molecule has 1 rings (SSSR count).